The average molecular weight is 467 g/mol. The van der Waals surface area contributed by atoms with E-state index in [1.807, 2.05) is 47.8 Å². The Balaban J connectivity index is 1.72. The van der Waals surface area contributed by atoms with Gasteiger partial charge in [-0.1, -0.05) is 59.2 Å². The molecule has 0 aliphatic carbocycles. The third kappa shape index (κ3) is 4.30. The topological polar surface area (TPSA) is 81.4 Å². The molecule has 32 heavy (non-hydrogen) atoms. The monoisotopic (exact) mass is 466 g/mol. The second-order valence-electron chi connectivity index (χ2n) is 6.86. The van der Waals surface area contributed by atoms with E-state index < -0.39 is 11.9 Å². The number of rotatable bonds is 6. The van der Waals surface area contributed by atoms with E-state index in [2.05, 4.69) is 10.5 Å². The Morgan fingerprint density at radius 2 is 1.78 bits per heavy atom. The summed E-state index contributed by atoms with van der Waals surface area (Å²) >= 11 is 7.25. The van der Waals surface area contributed by atoms with Crippen molar-refractivity contribution in [2.75, 3.05) is 11.9 Å². The van der Waals surface area contributed by atoms with Crippen molar-refractivity contribution in [1.82, 2.24) is 5.16 Å². The molecule has 0 unspecified atom stereocenters. The van der Waals surface area contributed by atoms with E-state index in [1.165, 1.54) is 11.3 Å². The number of anilines is 1. The van der Waals surface area contributed by atoms with E-state index >= 15 is 0 Å². The number of ether oxygens (including phenoxy) is 1. The van der Waals surface area contributed by atoms with Crippen LogP contribution in [-0.4, -0.2) is 23.6 Å². The van der Waals surface area contributed by atoms with Crippen molar-refractivity contribution in [1.29, 1.82) is 0 Å². The first-order valence-electron chi connectivity index (χ1n) is 9.87. The fourth-order valence-corrected chi connectivity index (χ4v) is 4.37. The third-order valence-corrected chi connectivity index (χ3v) is 5.94. The van der Waals surface area contributed by atoms with Gasteiger partial charge < -0.3 is 14.6 Å². The number of hydrogen-bond acceptors (Lipinski definition) is 6. The molecule has 0 spiro atoms. The number of thiophene rings is 1. The molecule has 4 aromatic rings. The highest BCUT2D eigenvalue weighted by Crippen LogP contribution is 2.37. The molecule has 2 aromatic heterocycles. The van der Waals surface area contributed by atoms with Crippen molar-refractivity contribution in [3.05, 3.63) is 81.9 Å². The molecule has 0 bridgehead atoms. The van der Waals surface area contributed by atoms with Crippen LogP contribution in [0.3, 0.4) is 0 Å². The van der Waals surface area contributed by atoms with E-state index in [0.717, 1.165) is 11.1 Å². The highest BCUT2D eigenvalue weighted by molar-refractivity contribution is 7.15. The summed E-state index contributed by atoms with van der Waals surface area (Å²) in [6, 6.07) is 16.4. The van der Waals surface area contributed by atoms with E-state index in [0.29, 0.717) is 38.2 Å². The van der Waals surface area contributed by atoms with Gasteiger partial charge in [0.25, 0.3) is 5.91 Å². The van der Waals surface area contributed by atoms with E-state index in [-0.39, 0.29) is 6.61 Å². The molecule has 0 fully saturated rings. The fourth-order valence-electron chi connectivity index (χ4n) is 3.30. The lowest BCUT2D eigenvalue weighted by molar-refractivity contribution is 0.0529. The van der Waals surface area contributed by atoms with Gasteiger partial charge in [0.05, 0.1) is 6.61 Å². The second kappa shape index (κ2) is 9.38. The fraction of sp³-hybridized carbons (Fsp3) is 0.125. The lowest BCUT2D eigenvalue weighted by atomic mass is 10.0. The van der Waals surface area contributed by atoms with Gasteiger partial charge in [-0.15, -0.1) is 11.3 Å². The number of benzene rings is 2. The Labute approximate surface area is 193 Å². The molecule has 162 valence electrons. The molecule has 1 amide bonds. The lowest BCUT2D eigenvalue weighted by Gasteiger charge is -2.09. The minimum atomic E-state index is -0.515. The number of aromatic nitrogens is 1. The summed E-state index contributed by atoms with van der Waals surface area (Å²) in [6.45, 7) is 3.62. The predicted molar refractivity (Wildman–Crippen MR) is 125 cm³/mol. The standard InChI is InChI=1S/C24H19ClN2O4S/c1-3-30-24(29)20-18(15-9-11-17(25)12-10-15)13-32-23(20)26-22(28)19-14(2)31-27-21(19)16-7-5-4-6-8-16/h4-13H,3H2,1-2H3,(H,26,28). The number of nitrogens with one attached hydrogen (secondary N) is 1. The summed E-state index contributed by atoms with van der Waals surface area (Å²) in [4.78, 5) is 26.0. The van der Waals surface area contributed by atoms with Gasteiger partial charge in [-0.25, -0.2) is 4.79 Å². The van der Waals surface area contributed by atoms with Gasteiger partial charge in [0.1, 0.15) is 27.6 Å². The van der Waals surface area contributed by atoms with Gasteiger partial charge >= 0.3 is 5.97 Å². The Morgan fingerprint density at radius 3 is 2.47 bits per heavy atom. The first-order valence-corrected chi connectivity index (χ1v) is 11.1. The van der Waals surface area contributed by atoms with Crippen LogP contribution >= 0.6 is 22.9 Å². The van der Waals surface area contributed by atoms with Crippen molar-refractivity contribution in [2.45, 2.75) is 13.8 Å². The molecule has 0 saturated heterocycles. The number of halogens is 1. The molecule has 0 aliphatic heterocycles. The molecular formula is C24H19ClN2O4S. The minimum Gasteiger partial charge on any atom is -0.462 e. The Kier molecular flexibility index (Phi) is 6.39. The Morgan fingerprint density at radius 1 is 1.06 bits per heavy atom. The number of carbonyl (C=O) groups is 2. The minimum absolute atomic E-state index is 0.213. The number of nitrogens with zero attached hydrogens (tertiary/aromatic N) is 1. The number of hydrogen-bond donors (Lipinski definition) is 1. The number of aryl methyl sites for hydroxylation is 1. The summed E-state index contributed by atoms with van der Waals surface area (Å²) in [5, 5.41) is 9.70. The van der Waals surface area contributed by atoms with Crippen LogP contribution in [0, 0.1) is 6.92 Å². The Hall–Kier alpha value is -3.42. The van der Waals surface area contributed by atoms with Crippen LogP contribution in [-0.2, 0) is 4.74 Å². The zero-order valence-corrected chi connectivity index (χ0v) is 18.9. The Bertz CT molecular complexity index is 1260. The lowest BCUT2D eigenvalue weighted by Crippen LogP contribution is -2.16. The van der Waals surface area contributed by atoms with Gasteiger partial charge in [-0.2, -0.15) is 0 Å². The summed E-state index contributed by atoms with van der Waals surface area (Å²) < 4.78 is 10.6. The van der Waals surface area contributed by atoms with Gasteiger partial charge in [-0.05, 0) is 31.5 Å². The quantitative estimate of drug-likeness (QED) is 0.330. The second-order valence-corrected chi connectivity index (χ2v) is 8.18. The van der Waals surface area contributed by atoms with Gasteiger partial charge in [0.2, 0.25) is 0 Å². The molecule has 0 aliphatic rings. The summed E-state index contributed by atoms with van der Waals surface area (Å²) in [5.74, 6) is -0.550. The van der Waals surface area contributed by atoms with Gasteiger partial charge in [0, 0.05) is 21.5 Å². The molecule has 4 rings (SSSR count). The zero-order chi connectivity index (χ0) is 22.7. The first kappa shape index (κ1) is 21.8. The van der Waals surface area contributed by atoms with Crippen LogP contribution in [0.25, 0.3) is 22.4 Å². The largest absolute Gasteiger partial charge is 0.462 e. The molecule has 2 aromatic carbocycles. The number of amides is 1. The van der Waals surface area contributed by atoms with E-state index in [1.54, 1.807) is 26.0 Å². The highest BCUT2D eigenvalue weighted by atomic mass is 35.5. The van der Waals surface area contributed by atoms with Crippen LogP contribution in [0.5, 0.6) is 0 Å². The van der Waals surface area contributed by atoms with Crippen LogP contribution in [0.1, 0.15) is 33.4 Å². The zero-order valence-electron chi connectivity index (χ0n) is 17.3. The van der Waals surface area contributed by atoms with Crippen LogP contribution in [0.15, 0.2) is 64.5 Å². The predicted octanol–water partition coefficient (Wildman–Crippen LogP) is 6.46. The molecule has 6 nitrogen and oxygen atoms in total. The highest BCUT2D eigenvalue weighted by Gasteiger charge is 2.26. The summed E-state index contributed by atoms with van der Waals surface area (Å²) in [6.07, 6.45) is 0. The van der Waals surface area contributed by atoms with Crippen molar-refractivity contribution >= 4 is 39.8 Å². The van der Waals surface area contributed by atoms with Gasteiger partial charge in [0.15, 0.2) is 0 Å². The average Bonchev–Trinajstić information content (AvgIpc) is 3.38. The van der Waals surface area contributed by atoms with Crippen LogP contribution in [0.4, 0.5) is 5.00 Å². The van der Waals surface area contributed by atoms with E-state index in [9.17, 15) is 9.59 Å². The molecule has 8 heteroatoms. The third-order valence-electron chi connectivity index (χ3n) is 4.79. The maximum Gasteiger partial charge on any atom is 0.341 e. The summed E-state index contributed by atoms with van der Waals surface area (Å²) in [5.41, 5.74) is 3.25. The van der Waals surface area contributed by atoms with Crippen molar-refractivity contribution in [3.63, 3.8) is 0 Å². The van der Waals surface area contributed by atoms with Crippen molar-refractivity contribution in [2.24, 2.45) is 0 Å². The van der Waals surface area contributed by atoms with Crippen LogP contribution < -0.4 is 5.32 Å². The first-order chi connectivity index (χ1) is 15.5. The van der Waals surface area contributed by atoms with Gasteiger partial charge in [-0.3, -0.25) is 4.79 Å². The normalized spacial score (nSPS) is 10.7. The van der Waals surface area contributed by atoms with E-state index in [4.69, 9.17) is 20.9 Å². The van der Waals surface area contributed by atoms with Crippen molar-refractivity contribution < 1.29 is 18.8 Å². The molecular weight excluding hydrogens is 448 g/mol. The summed E-state index contributed by atoms with van der Waals surface area (Å²) in [7, 11) is 0. The van der Waals surface area contributed by atoms with Crippen molar-refractivity contribution in [3.8, 4) is 22.4 Å². The van der Waals surface area contributed by atoms with Crippen LogP contribution in [0.2, 0.25) is 5.02 Å². The molecule has 0 saturated carbocycles. The molecule has 2 heterocycles. The molecule has 0 radical (unpaired) electrons. The number of carbonyl (C=O) groups excluding carboxylic acids is 2. The maximum absolute atomic E-state index is 13.2. The SMILES string of the molecule is CCOC(=O)c1c(-c2ccc(Cl)cc2)csc1NC(=O)c1c(-c2ccccc2)noc1C. The maximum atomic E-state index is 13.2. The number of esters is 1. The molecule has 0 atom stereocenters. The smallest absolute Gasteiger partial charge is 0.341 e. The molecule has 1 N–H and O–H groups in total.